The van der Waals surface area contributed by atoms with Crippen molar-refractivity contribution in [1.82, 2.24) is 0 Å². The molecule has 0 aromatic heterocycles. The summed E-state index contributed by atoms with van der Waals surface area (Å²) in [7, 11) is 1.62. The molecule has 0 heterocycles. The van der Waals surface area contributed by atoms with Gasteiger partial charge >= 0.3 is 0 Å². The average molecular weight is 116 g/mol. The highest BCUT2D eigenvalue weighted by molar-refractivity contribution is 4.85. The summed E-state index contributed by atoms with van der Waals surface area (Å²) < 4.78 is 4.69. The van der Waals surface area contributed by atoms with Gasteiger partial charge in [-0.25, -0.2) is 0 Å². The van der Waals surface area contributed by atoms with Crippen LogP contribution in [-0.4, -0.2) is 24.9 Å². The molecular formula is C6H12O2. The number of hydrogen-bond acceptors (Lipinski definition) is 2. The van der Waals surface area contributed by atoms with Crippen LogP contribution in [0.4, 0.5) is 0 Å². The molecule has 0 saturated heterocycles. The first-order valence-electron chi connectivity index (χ1n) is 2.61. The van der Waals surface area contributed by atoms with E-state index in [1.807, 2.05) is 0 Å². The predicted molar refractivity (Wildman–Crippen MR) is 32.7 cm³/mol. The normalized spacial score (nSPS) is 14.9. The number of hydrogen-bond donors (Lipinski definition) is 1. The third-order valence-electron chi connectivity index (χ3n) is 0.677. The third-order valence-corrected chi connectivity index (χ3v) is 0.677. The highest BCUT2D eigenvalue weighted by atomic mass is 16.5. The lowest BCUT2D eigenvalue weighted by Gasteiger charge is -1.91. The smallest absolute Gasteiger partial charge is 0.0693 e. The molecular weight excluding hydrogens is 104 g/mol. The average Bonchev–Trinajstić information content (AvgIpc) is 1.66. The quantitative estimate of drug-likeness (QED) is 0.546. The molecule has 0 amide bonds. The van der Waals surface area contributed by atoms with Crippen molar-refractivity contribution in [2.24, 2.45) is 0 Å². The molecule has 0 rings (SSSR count). The lowest BCUT2D eigenvalue weighted by molar-refractivity contribution is 0.225. The van der Waals surface area contributed by atoms with E-state index >= 15 is 0 Å². The summed E-state index contributed by atoms with van der Waals surface area (Å²) in [5.41, 5.74) is 0. The van der Waals surface area contributed by atoms with E-state index in [9.17, 15) is 0 Å². The summed E-state index contributed by atoms with van der Waals surface area (Å²) in [4.78, 5) is 0. The van der Waals surface area contributed by atoms with Crippen molar-refractivity contribution in [1.29, 1.82) is 0 Å². The second-order valence-corrected chi connectivity index (χ2v) is 1.62. The van der Waals surface area contributed by atoms with Crippen LogP contribution >= 0.6 is 0 Å². The van der Waals surface area contributed by atoms with Gasteiger partial charge in [-0.1, -0.05) is 12.2 Å². The molecule has 0 aliphatic carbocycles. The van der Waals surface area contributed by atoms with E-state index in [2.05, 4.69) is 0 Å². The van der Waals surface area contributed by atoms with Crippen LogP contribution in [0.15, 0.2) is 12.2 Å². The van der Waals surface area contributed by atoms with Gasteiger partial charge in [0, 0.05) is 7.11 Å². The Balaban J connectivity index is 3.07. The molecule has 0 fully saturated rings. The van der Waals surface area contributed by atoms with Crippen LogP contribution in [0, 0.1) is 0 Å². The van der Waals surface area contributed by atoms with Gasteiger partial charge < -0.3 is 9.84 Å². The van der Waals surface area contributed by atoms with Crippen molar-refractivity contribution in [3.63, 3.8) is 0 Å². The molecule has 0 unspecified atom stereocenters. The Morgan fingerprint density at radius 3 is 2.75 bits per heavy atom. The third kappa shape index (κ3) is 5.66. The Hall–Kier alpha value is -0.340. The fourth-order valence-corrected chi connectivity index (χ4v) is 0.349. The predicted octanol–water partition coefficient (Wildman–Crippen LogP) is 0.570. The summed E-state index contributed by atoms with van der Waals surface area (Å²) >= 11 is 0. The maximum Gasteiger partial charge on any atom is 0.0693 e. The van der Waals surface area contributed by atoms with Crippen molar-refractivity contribution in [3.8, 4) is 0 Å². The molecule has 0 bridgehead atoms. The zero-order chi connectivity index (χ0) is 6.41. The summed E-state index contributed by atoms with van der Waals surface area (Å²) in [6.45, 7) is 2.27. The van der Waals surface area contributed by atoms with Crippen LogP contribution in [0.3, 0.4) is 0 Å². The lowest BCUT2D eigenvalue weighted by atomic mass is 10.4. The van der Waals surface area contributed by atoms with Crippen LogP contribution in [0.1, 0.15) is 6.92 Å². The minimum absolute atomic E-state index is 0.356. The zero-order valence-corrected chi connectivity index (χ0v) is 5.29. The number of ether oxygens (including phenoxy) is 1. The first-order valence-corrected chi connectivity index (χ1v) is 2.61. The zero-order valence-electron chi connectivity index (χ0n) is 5.29. The van der Waals surface area contributed by atoms with Crippen LogP contribution in [0.5, 0.6) is 0 Å². The van der Waals surface area contributed by atoms with Gasteiger partial charge in [-0.15, -0.1) is 0 Å². The second-order valence-electron chi connectivity index (χ2n) is 1.62. The summed E-state index contributed by atoms with van der Waals surface area (Å²) in [5, 5.41) is 8.64. The summed E-state index contributed by atoms with van der Waals surface area (Å²) in [5.74, 6) is 0. The summed E-state index contributed by atoms with van der Waals surface area (Å²) in [6, 6.07) is 0. The number of aliphatic hydroxyl groups is 1. The van der Waals surface area contributed by atoms with Gasteiger partial charge in [0.25, 0.3) is 0 Å². The van der Waals surface area contributed by atoms with Crippen LogP contribution in [0.25, 0.3) is 0 Å². The van der Waals surface area contributed by atoms with Crippen molar-refractivity contribution in [3.05, 3.63) is 12.2 Å². The molecule has 1 N–H and O–H groups in total. The van der Waals surface area contributed by atoms with E-state index in [0.29, 0.717) is 6.61 Å². The SMILES string of the molecule is COC/C=C/[C@H](C)O. The number of rotatable bonds is 3. The molecule has 0 radical (unpaired) electrons. The Morgan fingerprint density at radius 2 is 2.38 bits per heavy atom. The summed E-state index contributed by atoms with van der Waals surface area (Å²) in [6.07, 6.45) is 3.11. The molecule has 0 aromatic rings. The standard InChI is InChI=1S/C6H12O2/c1-6(7)4-3-5-8-2/h3-4,6-7H,5H2,1-2H3/b4-3+/t6-/m0/s1. The molecule has 48 valence electrons. The van der Waals surface area contributed by atoms with E-state index in [0.717, 1.165) is 0 Å². The Kier molecular flexibility index (Phi) is 4.61. The van der Waals surface area contributed by atoms with Crippen molar-refractivity contribution >= 4 is 0 Å². The molecule has 8 heavy (non-hydrogen) atoms. The molecule has 2 nitrogen and oxygen atoms in total. The maximum absolute atomic E-state index is 8.64. The molecule has 1 atom stereocenters. The van der Waals surface area contributed by atoms with E-state index < -0.39 is 0 Å². The topological polar surface area (TPSA) is 29.5 Å². The maximum atomic E-state index is 8.64. The van der Waals surface area contributed by atoms with Crippen molar-refractivity contribution < 1.29 is 9.84 Å². The van der Waals surface area contributed by atoms with Crippen LogP contribution in [0.2, 0.25) is 0 Å². The molecule has 0 aromatic carbocycles. The van der Waals surface area contributed by atoms with Crippen LogP contribution < -0.4 is 0 Å². The highest BCUT2D eigenvalue weighted by Crippen LogP contribution is 1.81. The number of methoxy groups -OCH3 is 1. The van der Waals surface area contributed by atoms with Gasteiger partial charge in [-0.2, -0.15) is 0 Å². The monoisotopic (exact) mass is 116 g/mol. The fraction of sp³-hybridized carbons (Fsp3) is 0.667. The second kappa shape index (κ2) is 4.81. The van der Waals surface area contributed by atoms with Gasteiger partial charge in [-0.3, -0.25) is 0 Å². The first-order chi connectivity index (χ1) is 3.77. The Labute approximate surface area is 49.8 Å². The van der Waals surface area contributed by atoms with Gasteiger partial charge in [0.1, 0.15) is 0 Å². The van der Waals surface area contributed by atoms with Crippen molar-refractivity contribution in [2.75, 3.05) is 13.7 Å². The molecule has 0 aliphatic heterocycles. The minimum Gasteiger partial charge on any atom is -0.389 e. The van der Waals surface area contributed by atoms with Gasteiger partial charge in [-0.05, 0) is 6.92 Å². The van der Waals surface area contributed by atoms with E-state index in [1.54, 1.807) is 26.2 Å². The minimum atomic E-state index is -0.356. The lowest BCUT2D eigenvalue weighted by Crippen LogP contribution is -1.93. The van der Waals surface area contributed by atoms with Gasteiger partial charge in [0.05, 0.1) is 12.7 Å². The van der Waals surface area contributed by atoms with Crippen LogP contribution in [-0.2, 0) is 4.74 Å². The molecule has 0 saturated carbocycles. The van der Waals surface area contributed by atoms with Crippen molar-refractivity contribution in [2.45, 2.75) is 13.0 Å². The van der Waals surface area contributed by atoms with Gasteiger partial charge in [0.15, 0.2) is 0 Å². The van der Waals surface area contributed by atoms with E-state index in [4.69, 9.17) is 9.84 Å². The molecule has 0 spiro atoms. The number of aliphatic hydroxyl groups excluding tert-OH is 1. The largest absolute Gasteiger partial charge is 0.389 e. The molecule has 2 heteroatoms. The highest BCUT2D eigenvalue weighted by Gasteiger charge is 1.81. The van der Waals surface area contributed by atoms with E-state index in [1.165, 1.54) is 0 Å². The fourth-order valence-electron chi connectivity index (χ4n) is 0.349. The van der Waals surface area contributed by atoms with E-state index in [-0.39, 0.29) is 6.10 Å². The van der Waals surface area contributed by atoms with Gasteiger partial charge in [0.2, 0.25) is 0 Å². The molecule has 0 aliphatic rings. The Bertz CT molecular complexity index is 66.9. The Morgan fingerprint density at radius 1 is 1.75 bits per heavy atom. The first kappa shape index (κ1) is 7.66.